The Labute approximate surface area is 400 Å². The maximum absolute atomic E-state index is 12.5. The molecule has 0 rings (SSSR count). The number of aliphatic hydroxyl groups excluding tert-OH is 2. The Bertz CT molecular complexity index is 913. The summed E-state index contributed by atoms with van der Waals surface area (Å²) in [7, 11) is 0. The monoisotopic (exact) mass is 906 g/mol. The number of esters is 1. The van der Waals surface area contributed by atoms with Crippen molar-refractivity contribution in [2.75, 3.05) is 13.2 Å². The number of rotatable bonds is 55. The Morgan fingerprint density at radius 3 is 0.953 bits per heavy atom. The molecular weight excluding hydrogens is 791 g/mol. The van der Waals surface area contributed by atoms with Crippen LogP contribution < -0.4 is 5.32 Å². The SMILES string of the molecule is CCCCCCCCCCCCCCCCCCCCCCC(O)C(CO)NC(=O)CCCCCCCCCCCCCOC(=O)CCCCCCCCCCCCCCCCCC. The molecule has 1 amide bonds. The largest absolute Gasteiger partial charge is 0.466 e. The first-order valence-corrected chi connectivity index (χ1v) is 29.3. The highest BCUT2D eigenvalue weighted by molar-refractivity contribution is 5.76. The van der Waals surface area contributed by atoms with Crippen molar-refractivity contribution in [1.29, 1.82) is 0 Å². The second-order valence-corrected chi connectivity index (χ2v) is 20.3. The molecule has 0 fully saturated rings. The normalized spacial score (nSPS) is 12.5. The van der Waals surface area contributed by atoms with Crippen LogP contribution in [-0.2, 0) is 14.3 Å². The van der Waals surface area contributed by atoms with Crippen molar-refractivity contribution in [2.45, 2.75) is 347 Å². The summed E-state index contributed by atoms with van der Waals surface area (Å²) < 4.78 is 5.48. The van der Waals surface area contributed by atoms with E-state index in [-0.39, 0.29) is 18.5 Å². The zero-order valence-electron chi connectivity index (χ0n) is 43.5. The van der Waals surface area contributed by atoms with E-state index in [1.807, 2.05) is 0 Å². The summed E-state index contributed by atoms with van der Waals surface area (Å²) in [6.07, 6.45) is 62.3. The number of hydrogen-bond acceptors (Lipinski definition) is 5. The van der Waals surface area contributed by atoms with Gasteiger partial charge < -0.3 is 20.3 Å². The van der Waals surface area contributed by atoms with E-state index in [2.05, 4.69) is 19.2 Å². The molecule has 0 bridgehead atoms. The third-order valence-electron chi connectivity index (χ3n) is 13.9. The molecule has 0 aliphatic rings. The van der Waals surface area contributed by atoms with Crippen LogP contribution in [0.2, 0.25) is 0 Å². The van der Waals surface area contributed by atoms with Gasteiger partial charge in [-0.3, -0.25) is 9.59 Å². The van der Waals surface area contributed by atoms with Gasteiger partial charge in [0, 0.05) is 12.8 Å². The Balaban J connectivity index is 3.44. The third kappa shape index (κ3) is 50.3. The quantitative estimate of drug-likeness (QED) is 0.0417. The fraction of sp³-hybridized carbons (Fsp3) is 0.966. The number of ether oxygens (including phenoxy) is 1. The number of hydrogen-bond donors (Lipinski definition) is 3. The van der Waals surface area contributed by atoms with Gasteiger partial charge in [-0.2, -0.15) is 0 Å². The number of carbonyl (C=O) groups is 2. The Morgan fingerprint density at radius 2 is 0.641 bits per heavy atom. The molecule has 0 aromatic heterocycles. The van der Waals surface area contributed by atoms with Crippen LogP contribution in [0.25, 0.3) is 0 Å². The molecule has 0 aliphatic heterocycles. The minimum atomic E-state index is -0.676. The molecule has 0 aromatic carbocycles. The molecule has 0 saturated heterocycles. The summed E-state index contributed by atoms with van der Waals surface area (Å²) in [5.41, 5.74) is 0. The van der Waals surface area contributed by atoms with Gasteiger partial charge in [0.15, 0.2) is 0 Å². The third-order valence-corrected chi connectivity index (χ3v) is 13.9. The summed E-state index contributed by atoms with van der Waals surface area (Å²) in [4.78, 5) is 24.6. The molecule has 0 radical (unpaired) electrons. The van der Waals surface area contributed by atoms with Crippen LogP contribution in [0.5, 0.6) is 0 Å². The van der Waals surface area contributed by atoms with Gasteiger partial charge in [-0.05, 0) is 25.7 Å². The summed E-state index contributed by atoms with van der Waals surface area (Å²) in [5.74, 6) is -0.0580. The maximum atomic E-state index is 12.5. The molecule has 3 N–H and O–H groups in total. The van der Waals surface area contributed by atoms with Crippen LogP contribution in [0.4, 0.5) is 0 Å². The fourth-order valence-corrected chi connectivity index (χ4v) is 9.41. The fourth-order valence-electron chi connectivity index (χ4n) is 9.41. The van der Waals surface area contributed by atoms with E-state index in [4.69, 9.17) is 4.74 Å². The van der Waals surface area contributed by atoms with Crippen molar-refractivity contribution in [2.24, 2.45) is 0 Å². The molecule has 6 heteroatoms. The standard InChI is InChI=1S/C58H115NO5/c1-3-5-7-9-11-13-15-17-19-21-22-23-24-25-27-30-34-38-42-46-50-56(61)55(54-60)59-57(62)51-47-43-39-35-31-29-33-37-41-45-49-53-64-58(63)52-48-44-40-36-32-28-26-20-18-16-14-12-10-8-6-4-2/h55-56,60-61H,3-54H2,1-2H3,(H,59,62). The molecule has 2 atom stereocenters. The van der Waals surface area contributed by atoms with Gasteiger partial charge in [0.25, 0.3) is 0 Å². The number of unbranched alkanes of at least 4 members (excludes halogenated alkanes) is 44. The van der Waals surface area contributed by atoms with Crippen LogP contribution in [0, 0.1) is 0 Å². The molecule has 6 nitrogen and oxygen atoms in total. The summed E-state index contributed by atoms with van der Waals surface area (Å²) in [5, 5.41) is 23.3. The van der Waals surface area contributed by atoms with Gasteiger partial charge >= 0.3 is 5.97 Å². The lowest BCUT2D eigenvalue weighted by molar-refractivity contribution is -0.143. The van der Waals surface area contributed by atoms with Crippen molar-refractivity contribution >= 4 is 11.9 Å². The zero-order chi connectivity index (χ0) is 46.5. The lowest BCUT2D eigenvalue weighted by Crippen LogP contribution is -2.45. The van der Waals surface area contributed by atoms with E-state index < -0.39 is 12.1 Å². The number of nitrogens with one attached hydrogen (secondary N) is 1. The summed E-state index contributed by atoms with van der Waals surface area (Å²) in [6, 6.07) is -0.554. The molecule has 0 saturated carbocycles. The van der Waals surface area contributed by atoms with Crippen LogP contribution in [0.3, 0.4) is 0 Å². The highest BCUT2D eigenvalue weighted by Crippen LogP contribution is 2.18. The lowest BCUT2D eigenvalue weighted by Gasteiger charge is -2.22. The lowest BCUT2D eigenvalue weighted by atomic mass is 10.0. The first-order chi connectivity index (χ1) is 31.5. The predicted octanol–water partition coefficient (Wildman–Crippen LogP) is 17.9. The number of carbonyl (C=O) groups excluding carboxylic acids is 2. The number of aliphatic hydroxyl groups is 2. The van der Waals surface area contributed by atoms with Gasteiger partial charge in [-0.15, -0.1) is 0 Å². The average molecular weight is 907 g/mol. The molecule has 2 unspecified atom stereocenters. The van der Waals surface area contributed by atoms with E-state index in [1.165, 1.54) is 244 Å². The van der Waals surface area contributed by atoms with Gasteiger partial charge in [-0.25, -0.2) is 0 Å². The summed E-state index contributed by atoms with van der Waals surface area (Å²) >= 11 is 0. The minimum absolute atomic E-state index is 0.00873. The van der Waals surface area contributed by atoms with Gasteiger partial charge in [0.2, 0.25) is 5.91 Å². The summed E-state index contributed by atoms with van der Waals surface area (Å²) in [6.45, 7) is 4.95. The van der Waals surface area contributed by atoms with Crippen molar-refractivity contribution < 1.29 is 24.5 Å². The number of amides is 1. The Kier molecular flexibility index (Phi) is 53.5. The van der Waals surface area contributed by atoms with Crippen LogP contribution in [-0.4, -0.2) is 47.4 Å². The molecule has 0 spiro atoms. The Morgan fingerprint density at radius 1 is 0.375 bits per heavy atom. The molecule has 0 aromatic rings. The highest BCUT2D eigenvalue weighted by atomic mass is 16.5. The predicted molar refractivity (Wildman–Crippen MR) is 278 cm³/mol. The van der Waals surface area contributed by atoms with Crippen molar-refractivity contribution in [1.82, 2.24) is 5.32 Å². The van der Waals surface area contributed by atoms with Gasteiger partial charge in [-0.1, -0.05) is 296 Å². The van der Waals surface area contributed by atoms with E-state index in [0.29, 0.717) is 25.9 Å². The molecule has 382 valence electrons. The second kappa shape index (κ2) is 54.5. The average Bonchev–Trinajstić information content (AvgIpc) is 3.29. The van der Waals surface area contributed by atoms with Crippen LogP contribution in [0.15, 0.2) is 0 Å². The topological polar surface area (TPSA) is 95.9 Å². The van der Waals surface area contributed by atoms with E-state index >= 15 is 0 Å². The van der Waals surface area contributed by atoms with Gasteiger partial charge in [0.1, 0.15) is 0 Å². The Hall–Kier alpha value is -1.14. The van der Waals surface area contributed by atoms with Crippen molar-refractivity contribution in [3.63, 3.8) is 0 Å². The smallest absolute Gasteiger partial charge is 0.305 e. The molecule has 0 heterocycles. The highest BCUT2D eigenvalue weighted by Gasteiger charge is 2.20. The zero-order valence-corrected chi connectivity index (χ0v) is 43.5. The van der Waals surface area contributed by atoms with Crippen LogP contribution >= 0.6 is 0 Å². The van der Waals surface area contributed by atoms with E-state index in [1.54, 1.807) is 0 Å². The first-order valence-electron chi connectivity index (χ1n) is 29.3. The van der Waals surface area contributed by atoms with E-state index in [9.17, 15) is 19.8 Å². The van der Waals surface area contributed by atoms with Crippen molar-refractivity contribution in [3.05, 3.63) is 0 Å². The molecular formula is C58H115NO5. The molecule has 64 heavy (non-hydrogen) atoms. The van der Waals surface area contributed by atoms with Crippen molar-refractivity contribution in [3.8, 4) is 0 Å². The second-order valence-electron chi connectivity index (χ2n) is 20.3. The molecule has 0 aliphatic carbocycles. The first kappa shape index (κ1) is 62.9. The van der Waals surface area contributed by atoms with E-state index in [0.717, 1.165) is 57.8 Å². The van der Waals surface area contributed by atoms with Crippen LogP contribution in [0.1, 0.15) is 335 Å². The minimum Gasteiger partial charge on any atom is -0.466 e. The van der Waals surface area contributed by atoms with Gasteiger partial charge in [0.05, 0.1) is 25.4 Å². The maximum Gasteiger partial charge on any atom is 0.305 e.